The predicted octanol–water partition coefficient (Wildman–Crippen LogP) is 3.75. The summed E-state index contributed by atoms with van der Waals surface area (Å²) in [6.07, 6.45) is 2.38. The fraction of sp³-hybridized carbons (Fsp3) is 0.429. The van der Waals surface area contributed by atoms with E-state index in [-0.39, 0.29) is 5.38 Å². The quantitative estimate of drug-likeness (QED) is 0.756. The summed E-state index contributed by atoms with van der Waals surface area (Å²) in [6.45, 7) is 2.07. The average molecular weight is 281 g/mol. The second-order valence-corrected chi connectivity index (χ2v) is 4.82. The molecule has 0 radical (unpaired) electrons. The number of nitrogens with zero attached hydrogens (tertiary/aromatic N) is 2. The van der Waals surface area contributed by atoms with E-state index in [1.807, 2.05) is 24.3 Å². The van der Waals surface area contributed by atoms with Crippen molar-refractivity contribution in [3.63, 3.8) is 0 Å². The zero-order valence-corrected chi connectivity index (χ0v) is 11.9. The van der Waals surface area contributed by atoms with Gasteiger partial charge < -0.3 is 9.26 Å². The van der Waals surface area contributed by atoms with Gasteiger partial charge in [0.15, 0.2) is 5.82 Å². The Morgan fingerprint density at radius 2 is 2.16 bits per heavy atom. The Morgan fingerprint density at radius 3 is 2.89 bits per heavy atom. The third kappa shape index (κ3) is 3.47. The van der Waals surface area contributed by atoms with Gasteiger partial charge in [0.2, 0.25) is 5.89 Å². The van der Waals surface area contributed by atoms with Crippen molar-refractivity contribution in [3.05, 3.63) is 41.5 Å². The molecule has 1 atom stereocenters. The summed E-state index contributed by atoms with van der Waals surface area (Å²) in [5.74, 6) is 1.94. The number of alkyl halides is 1. The Hall–Kier alpha value is -1.55. The molecule has 1 aromatic heterocycles. The van der Waals surface area contributed by atoms with Crippen LogP contribution >= 0.6 is 11.6 Å². The first-order chi connectivity index (χ1) is 9.24. The standard InChI is InChI=1S/C14H17ClN2O2/c1-3-6-11(15)14-16-13(19-17-14)9-10-7-4-5-8-12(10)18-2/h4-5,7-8,11H,3,6,9H2,1-2H3. The highest BCUT2D eigenvalue weighted by Gasteiger charge is 2.16. The lowest BCUT2D eigenvalue weighted by Gasteiger charge is -2.05. The van der Waals surface area contributed by atoms with Crippen LogP contribution in [-0.2, 0) is 6.42 Å². The maximum Gasteiger partial charge on any atom is 0.231 e. The Morgan fingerprint density at radius 1 is 1.37 bits per heavy atom. The smallest absolute Gasteiger partial charge is 0.231 e. The van der Waals surface area contributed by atoms with Crippen LogP contribution in [-0.4, -0.2) is 17.3 Å². The van der Waals surface area contributed by atoms with Crippen molar-refractivity contribution in [2.75, 3.05) is 7.11 Å². The van der Waals surface area contributed by atoms with Crippen LogP contribution in [0.25, 0.3) is 0 Å². The average Bonchev–Trinajstić information content (AvgIpc) is 2.88. The van der Waals surface area contributed by atoms with Crippen LogP contribution in [0, 0.1) is 0 Å². The van der Waals surface area contributed by atoms with Crippen molar-refractivity contribution in [3.8, 4) is 5.75 Å². The molecule has 0 N–H and O–H groups in total. The summed E-state index contributed by atoms with van der Waals surface area (Å²) >= 11 is 6.17. The molecule has 19 heavy (non-hydrogen) atoms. The molecule has 0 aliphatic rings. The summed E-state index contributed by atoms with van der Waals surface area (Å²) in [7, 11) is 1.65. The van der Waals surface area contributed by atoms with Gasteiger partial charge in [-0.25, -0.2) is 0 Å². The first-order valence-electron chi connectivity index (χ1n) is 6.33. The van der Waals surface area contributed by atoms with Crippen molar-refractivity contribution >= 4 is 11.6 Å². The molecular weight excluding hydrogens is 264 g/mol. The Bertz CT molecular complexity index is 528. The molecule has 2 aromatic rings. The number of hydrogen-bond acceptors (Lipinski definition) is 4. The van der Waals surface area contributed by atoms with Crippen LogP contribution in [0.1, 0.15) is 42.4 Å². The minimum absolute atomic E-state index is 0.180. The van der Waals surface area contributed by atoms with E-state index < -0.39 is 0 Å². The molecule has 0 aliphatic heterocycles. The second kappa shape index (κ2) is 6.57. The number of aromatic nitrogens is 2. The van der Waals surface area contributed by atoms with Gasteiger partial charge in [0.25, 0.3) is 0 Å². The Kier molecular flexibility index (Phi) is 4.80. The summed E-state index contributed by atoms with van der Waals surface area (Å²) in [6, 6.07) is 7.77. The highest BCUT2D eigenvalue weighted by Crippen LogP contribution is 2.24. The molecule has 5 heteroatoms. The molecule has 1 heterocycles. The number of ether oxygens (including phenoxy) is 1. The summed E-state index contributed by atoms with van der Waals surface area (Å²) in [5.41, 5.74) is 1.02. The van der Waals surface area contributed by atoms with Gasteiger partial charge >= 0.3 is 0 Å². The van der Waals surface area contributed by atoms with Gasteiger partial charge in [-0.2, -0.15) is 4.98 Å². The molecule has 0 bridgehead atoms. The molecule has 4 nitrogen and oxygen atoms in total. The molecule has 0 fully saturated rings. The fourth-order valence-corrected chi connectivity index (χ4v) is 2.17. The fourth-order valence-electron chi connectivity index (χ4n) is 1.86. The van der Waals surface area contributed by atoms with E-state index >= 15 is 0 Å². The number of halogens is 1. The third-order valence-corrected chi connectivity index (χ3v) is 3.25. The van der Waals surface area contributed by atoms with Gasteiger partial charge in [0, 0.05) is 5.56 Å². The number of rotatable bonds is 6. The van der Waals surface area contributed by atoms with Gasteiger partial charge in [-0.1, -0.05) is 36.7 Å². The van der Waals surface area contributed by atoms with E-state index in [2.05, 4.69) is 17.1 Å². The normalized spacial score (nSPS) is 12.4. The minimum atomic E-state index is -0.180. The Labute approximate surface area is 117 Å². The maximum absolute atomic E-state index is 6.17. The van der Waals surface area contributed by atoms with Crippen molar-refractivity contribution in [2.45, 2.75) is 31.6 Å². The topological polar surface area (TPSA) is 48.2 Å². The van der Waals surface area contributed by atoms with Gasteiger partial charge in [-0.15, -0.1) is 11.6 Å². The van der Waals surface area contributed by atoms with E-state index in [0.29, 0.717) is 18.1 Å². The molecule has 1 unspecified atom stereocenters. The van der Waals surface area contributed by atoms with Gasteiger partial charge in [0.1, 0.15) is 5.75 Å². The lowest BCUT2D eigenvalue weighted by Crippen LogP contribution is -1.95. The summed E-state index contributed by atoms with van der Waals surface area (Å²) in [5, 5.41) is 3.75. The molecule has 0 saturated heterocycles. The van der Waals surface area contributed by atoms with Gasteiger partial charge in [-0.3, -0.25) is 0 Å². The van der Waals surface area contributed by atoms with Crippen LogP contribution < -0.4 is 4.74 Å². The van der Waals surface area contributed by atoms with Crippen molar-refractivity contribution in [1.29, 1.82) is 0 Å². The third-order valence-electron chi connectivity index (χ3n) is 2.84. The highest BCUT2D eigenvalue weighted by atomic mass is 35.5. The summed E-state index contributed by atoms with van der Waals surface area (Å²) in [4.78, 5) is 4.33. The van der Waals surface area contributed by atoms with Crippen molar-refractivity contribution in [2.24, 2.45) is 0 Å². The first-order valence-corrected chi connectivity index (χ1v) is 6.76. The van der Waals surface area contributed by atoms with E-state index in [9.17, 15) is 0 Å². The van der Waals surface area contributed by atoms with Crippen molar-refractivity contribution < 1.29 is 9.26 Å². The van der Waals surface area contributed by atoms with Crippen LogP contribution in [0.5, 0.6) is 5.75 Å². The van der Waals surface area contributed by atoms with Crippen LogP contribution in [0.4, 0.5) is 0 Å². The molecular formula is C14H17ClN2O2. The van der Waals surface area contributed by atoms with Gasteiger partial charge in [-0.05, 0) is 12.5 Å². The van der Waals surface area contributed by atoms with Crippen LogP contribution in [0.2, 0.25) is 0 Å². The SMILES string of the molecule is CCCC(Cl)c1noc(Cc2ccccc2OC)n1. The maximum atomic E-state index is 6.17. The molecule has 0 amide bonds. The number of benzene rings is 1. The van der Waals surface area contributed by atoms with Crippen molar-refractivity contribution in [1.82, 2.24) is 10.1 Å². The van der Waals surface area contributed by atoms with Crippen LogP contribution in [0.15, 0.2) is 28.8 Å². The van der Waals surface area contributed by atoms with E-state index in [4.69, 9.17) is 20.9 Å². The molecule has 0 spiro atoms. The second-order valence-electron chi connectivity index (χ2n) is 4.29. The summed E-state index contributed by atoms with van der Waals surface area (Å²) < 4.78 is 10.5. The van der Waals surface area contributed by atoms with Crippen LogP contribution in [0.3, 0.4) is 0 Å². The van der Waals surface area contributed by atoms with E-state index in [1.165, 1.54) is 0 Å². The highest BCUT2D eigenvalue weighted by molar-refractivity contribution is 6.20. The number of hydrogen-bond donors (Lipinski definition) is 0. The molecule has 2 rings (SSSR count). The van der Waals surface area contributed by atoms with E-state index in [1.54, 1.807) is 7.11 Å². The predicted molar refractivity (Wildman–Crippen MR) is 73.6 cm³/mol. The van der Waals surface area contributed by atoms with Gasteiger partial charge in [0.05, 0.1) is 18.9 Å². The Balaban J connectivity index is 2.11. The number of para-hydroxylation sites is 1. The number of methoxy groups -OCH3 is 1. The lowest BCUT2D eigenvalue weighted by molar-refractivity contribution is 0.373. The molecule has 1 aromatic carbocycles. The first kappa shape index (κ1) is 13.9. The lowest BCUT2D eigenvalue weighted by atomic mass is 10.1. The largest absolute Gasteiger partial charge is 0.496 e. The van der Waals surface area contributed by atoms with E-state index in [0.717, 1.165) is 24.2 Å². The minimum Gasteiger partial charge on any atom is -0.496 e. The monoisotopic (exact) mass is 280 g/mol. The zero-order chi connectivity index (χ0) is 13.7. The molecule has 102 valence electrons. The molecule has 0 aliphatic carbocycles. The zero-order valence-electron chi connectivity index (χ0n) is 11.1. The molecule has 0 saturated carbocycles.